The van der Waals surface area contributed by atoms with E-state index in [2.05, 4.69) is 10.3 Å². The Kier molecular flexibility index (Phi) is 3.90. The van der Waals surface area contributed by atoms with Crippen LogP contribution in [0.1, 0.15) is 12.0 Å². The van der Waals surface area contributed by atoms with Gasteiger partial charge in [-0.05, 0) is 18.6 Å². The van der Waals surface area contributed by atoms with Crippen molar-refractivity contribution in [2.24, 2.45) is 0 Å². The molecule has 1 heterocycles. The maximum atomic E-state index is 12.1. The van der Waals surface area contributed by atoms with Gasteiger partial charge in [0, 0.05) is 19.3 Å². The van der Waals surface area contributed by atoms with Crippen molar-refractivity contribution in [3.8, 4) is 0 Å². The summed E-state index contributed by atoms with van der Waals surface area (Å²) in [4.78, 5) is 3.60. The van der Waals surface area contributed by atoms with Gasteiger partial charge in [-0.3, -0.25) is 0 Å². The number of pyridine rings is 1. The van der Waals surface area contributed by atoms with Gasteiger partial charge >= 0.3 is 6.18 Å². The number of aliphatic hydroxyl groups is 1. The Morgan fingerprint density at radius 1 is 1.33 bits per heavy atom. The molecule has 3 nitrogen and oxygen atoms in total. The molecule has 2 N–H and O–H groups in total. The van der Waals surface area contributed by atoms with Crippen molar-refractivity contribution < 1.29 is 18.3 Å². The highest BCUT2D eigenvalue weighted by Crippen LogP contribution is 2.28. The average Bonchev–Trinajstić information content (AvgIpc) is 2.18. The molecule has 6 heteroatoms. The zero-order valence-corrected chi connectivity index (χ0v) is 7.88. The Bertz CT molecular complexity index is 297. The third-order valence-corrected chi connectivity index (χ3v) is 1.73. The van der Waals surface area contributed by atoms with E-state index in [1.165, 1.54) is 6.07 Å². The van der Waals surface area contributed by atoms with Crippen molar-refractivity contribution in [1.82, 2.24) is 4.98 Å². The van der Waals surface area contributed by atoms with E-state index < -0.39 is 11.7 Å². The van der Waals surface area contributed by atoms with Crippen molar-refractivity contribution in [1.29, 1.82) is 0 Å². The first-order valence-corrected chi connectivity index (χ1v) is 4.42. The van der Waals surface area contributed by atoms with Crippen molar-refractivity contribution in [3.05, 3.63) is 23.9 Å². The van der Waals surface area contributed by atoms with E-state index in [4.69, 9.17) is 5.11 Å². The highest BCUT2D eigenvalue weighted by atomic mass is 19.4. The molecule has 0 saturated carbocycles. The van der Waals surface area contributed by atoms with Gasteiger partial charge in [0.1, 0.15) is 5.82 Å². The molecule has 0 fully saturated rings. The monoisotopic (exact) mass is 220 g/mol. The zero-order valence-electron chi connectivity index (χ0n) is 7.88. The van der Waals surface area contributed by atoms with Crippen LogP contribution >= 0.6 is 0 Å². The van der Waals surface area contributed by atoms with Crippen molar-refractivity contribution in [2.45, 2.75) is 12.6 Å². The second-order valence-corrected chi connectivity index (χ2v) is 2.93. The van der Waals surface area contributed by atoms with E-state index in [-0.39, 0.29) is 6.61 Å². The molecule has 0 bridgehead atoms. The lowest BCUT2D eigenvalue weighted by molar-refractivity contribution is -0.137. The zero-order chi connectivity index (χ0) is 11.3. The predicted octanol–water partition coefficient (Wildman–Crippen LogP) is 1.89. The summed E-state index contributed by atoms with van der Waals surface area (Å²) < 4.78 is 36.4. The lowest BCUT2D eigenvalue weighted by Crippen LogP contribution is -2.08. The highest BCUT2D eigenvalue weighted by Gasteiger charge is 2.30. The first-order chi connectivity index (χ1) is 7.04. The molecule has 0 atom stereocenters. The number of nitrogens with one attached hydrogen (secondary N) is 1. The number of aliphatic hydroxyl groups excluding tert-OH is 1. The van der Waals surface area contributed by atoms with Gasteiger partial charge in [-0.25, -0.2) is 4.98 Å². The molecule has 0 unspecified atom stereocenters. The Labute approximate surface area is 85.0 Å². The normalized spacial score (nSPS) is 11.5. The SMILES string of the molecule is OCCCNc1ccc(C(F)(F)F)cn1. The van der Waals surface area contributed by atoms with Gasteiger partial charge in [-0.1, -0.05) is 0 Å². The van der Waals surface area contributed by atoms with Crippen LogP contribution in [0, 0.1) is 0 Å². The standard InChI is InChI=1S/C9H11F3N2O/c10-9(11,12)7-2-3-8(14-6-7)13-4-1-5-15/h2-3,6,15H,1,4-5H2,(H,13,14). The highest BCUT2D eigenvalue weighted by molar-refractivity contribution is 5.35. The molecule has 1 aromatic heterocycles. The molecule has 15 heavy (non-hydrogen) atoms. The van der Waals surface area contributed by atoms with Crippen LogP contribution < -0.4 is 5.32 Å². The minimum Gasteiger partial charge on any atom is -0.396 e. The molecule has 0 aliphatic heterocycles. The Morgan fingerprint density at radius 3 is 2.53 bits per heavy atom. The molecule has 0 saturated heterocycles. The van der Waals surface area contributed by atoms with Gasteiger partial charge in [0.2, 0.25) is 0 Å². The summed E-state index contributed by atoms with van der Waals surface area (Å²) >= 11 is 0. The summed E-state index contributed by atoms with van der Waals surface area (Å²) in [5, 5.41) is 11.3. The third kappa shape index (κ3) is 3.75. The number of rotatable bonds is 4. The van der Waals surface area contributed by atoms with Crippen LogP contribution in [0.25, 0.3) is 0 Å². The summed E-state index contributed by atoms with van der Waals surface area (Å²) in [7, 11) is 0. The van der Waals surface area contributed by atoms with Crippen LogP contribution in [-0.2, 0) is 6.18 Å². The van der Waals surface area contributed by atoms with E-state index >= 15 is 0 Å². The molecule has 0 aromatic carbocycles. The fourth-order valence-corrected chi connectivity index (χ4v) is 0.962. The van der Waals surface area contributed by atoms with Gasteiger partial charge in [-0.2, -0.15) is 13.2 Å². The number of anilines is 1. The molecule has 1 aromatic rings. The molecule has 1 rings (SSSR count). The summed E-state index contributed by atoms with van der Waals surface area (Å²) in [5.74, 6) is 0.372. The molecule has 0 aliphatic carbocycles. The van der Waals surface area contributed by atoms with Crippen LogP contribution in [0.15, 0.2) is 18.3 Å². The minimum absolute atomic E-state index is 0.0354. The maximum absolute atomic E-state index is 12.1. The number of alkyl halides is 3. The van der Waals surface area contributed by atoms with E-state index in [0.717, 1.165) is 12.3 Å². The first kappa shape index (κ1) is 11.8. The van der Waals surface area contributed by atoms with Crippen LogP contribution in [0.5, 0.6) is 0 Å². The molecule has 0 radical (unpaired) electrons. The Morgan fingerprint density at radius 2 is 2.07 bits per heavy atom. The van der Waals surface area contributed by atoms with Crippen molar-refractivity contribution in [2.75, 3.05) is 18.5 Å². The number of hydrogen-bond acceptors (Lipinski definition) is 3. The lowest BCUT2D eigenvalue weighted by atomic mass is 10.3. The average molecular weight is 220 g/mol. The van der Waals surface area contributed by atoms with Crippen molar-refractivity contribution >= 4 is 5.82 Å². The summed E-state index contributed by atoms with van der Waals surface area (Å²) in [6, 6.07) is 2.23. The van der Waals surface area contributed by atoms with Gasteiger partial charge in [0.05, 0.1) is 5.56 Å². The van der Waals surface area contributed by atoms with Gasteiger partial charge in [-0.15, -0.1) is 0 Å². The fraction of sp³-hybridized carbons (Fsp3) is 0.444. The summed E-state index contributed by atoms with van der Waals surface area (Å²) in [5.41, 5.74) is -0.768. The van der Waals surface area contributed by atoms with Crippen molar-refractivity contribution in [3.63, 3.8) is 0 Å². The predicted molar refractivity (Wildman–Crippen MR) is 49.4 cm³/mol. The molecule has 0 spiro atoms. The topological polar surface area (TPSA) is 45.1 Å². The molecular weight excluding hydrogens is 209 g/mol. The van der Waals surface area contributed by atoms with E-state index in [1.807, 2.05) is 0 Å². The van der Waals surface area contributed by atoms with Crippen LogP contribution in [-0.4, -0.2) is 23.2 Å². The molecule has 0 amide bonds. The molecular formula is C9H11F3N2O. The largest absolute Gasteiger partial charge is 0.417 e. The first-order valence-electron chi connectivity index (χ1n) is 4.42. The molecule has 0 aliphatic rings. The smallest absolute Gasteiger partial charge is 0.396 e. The quantitative estimate of drug-likeness (QED) is 0.761. The van der Waals surface area contributed by atoms with E-state index in [9.17, 15) is 13.2 Å². The lowest BCUT2D eigenvalue weighted by Gasteiger charge is -2.07. The van der Waals surface area contributed by atoms with Crippen LogP contribution in [0.4, 0.5) is 19.0 Å². The van der Waals surface area contributed by atoms with Gasteiger partial charge < -0.3 is 10.4 Å². The second-order valence-electron chi connectivity index (χ2n) is 2.93. The fourth-order valence-electron chi connectivity index (χ4n) is 0.962. The summed E-state index contributed by atoms with van der Waals surface area (Å²) in [6.45, 7) is 0.516. The van der Waals surface area contributed by atoms with E-state index in [0.29, 0.717) is 18.8 Å². The number of hydrogen-bond donors (Lipinski definition) is 2. The minimum atomic E-state index is -4.35. The van der Waals surface area contributed by atoms with E-state index in [1.54, 1.807) is 0 Å². The maximum Gasteiger partial charge on any atom is 0.417 e. The van der Waals surface area contributed by atoms with Gasteiger partial charge in [0.15, 0.2) is 0 Å². The third-order valence-electron chi connectivity index (χ3n) is 1.73. The van der Waals surface area contributed by atoms with Crippen LogP contribution in [0.2, 0.25) is 0 Å². The Hall–Kier alpha value is -1.30. The number of aromatic nitrogens is 1. The Balaban J connectivity index is 2.57. The molecule has 84 valence electrons. The van der Waals surface area contributed by atoms with Crippen LogP contribution in [0.3, 0.4) is 0 Å². The van der Waals surface area contributed by atoms with Gasteiger partial charge in [0.25, 0.3) is 0 Å². The summed E-state index contributed by atoms with van der Waals surface area (Å²) in [6.07, 6.45) is -3.04. The second kappa shape index (κ2) is 4.97. The number of nitrogens with zero attached hydrogens (tertiary/aromatic N) is 1. The number of halogens is 3.